The van der Waals surface area contributed by atoms with Crippen LogP contribution >= 0.6 is 12.4 Å². The number of hydrogen-bond donors (Lipinski definition) is 2. The molecule has 0 spiro atoms. The molecule has 1 amide bonds. The van der Waals surface area contributed by atoms with Crippen LogP contribution < -0.4 is 10.6 Å². The van der Waals surface area contributed by atoms with Gasteiger partial charge in [-0.2, -0.15) is 0 Å². The lowest BCUT2D eigenvalue weighted by Gasteiger charge is -2.17. The molecule has 0 aliphatic carbocycles. The zero-order valence-corrected chi connectivity index (χ0v) is 13.4. The maximum absolute atomic E-state index is 11.8. The standard InChI is InChI=1S/C15H30N2O.ClH/c1-3-5-8-13(7-4-2)12-17-15(18)11-14-9-6-10-16-14;/h13-14,16H,3-12H2,1-2H3,(H,17,18);1H. The highest BCUT2D eigenvalue weighted by Crippen LogP contribution is 2.14. The number of carbonyl (C=O) groups excluding carboxylic acids is 1. The van der Waals surface area contributed by atoms with Crippen LogP contribution in [0.25, 0.3) is 0 Å². The highest BCUT2D eigenvalue weighted by molar-refractivity contribution is 5.85. The van der Waals surface area contributed by atoms with E-state index in [0.29, 0.717) is 18.4 Å². The molecule has 1 aliphatic rings. The Morgan fingerprint density at radius 3 is 2.68 bits per heavy atom. The second kappa shape index (κ2) is 11.5. The van der Waals surface area contributed by atoms with Gasteiger partial charge < -0.3 is 10.6 Å². The van der Waals surface area contributed by atoms with Gasteiger partial charge in [-0.25, -0.2) is 0 Å². The predicted molar refractivity (Wildman–Crippen MR) is 83.8 cm³/mol. The third-order valence-electron chi connectivity index (χ3n) is 3.84. The minimum atomic E-state index is 0. The van der Waals surface area contributed by atoms with Gasteiger partial charge in [0.2, 0.25) is 5.91 Å². The summed E-state index contributed by atoms with van der Waals surface area (Å²) in [6.07, 6.45) is 9.27. The molecule has 19 heavy (non-hydrogen) atoms. The van der Waals surface area contributed by atoms with Gasteiger partial charge in [-0.3, -0.25) is 4.79 Å². The monoisotopic (exact) mass is 290 g/mol. The largest absolute Gasteiger partial charge is 0.356 e. The second-order valence-electron chi connectivity index (χ2n) is 5.60. The van der Waals surface area contributed by atoms with Crippen molar-refractivity contribution in [3.8, 4) is 0 Å². The highest BCUT2D eigenvalue weighted by atomic mass is 35.5. The van der Waals surface area contributed by atoms with E-state index in [4.69, 9.17) is 0 Å². The highest BCUT2D eigenvalue weighted by Gasteiger charge is 2.18. The lowest BCUT2D eigenvalue weighted by atomic mass is 9.97. The first-order valence-corrected chi connectivity index (χ1v) is 7.76. The zero-order valence-electron chi connectivity index (χ0n) is 12.5. The lowest BCUT2D eigenvalue weighted by Crippen LogP contribution is -2.34. The van der Waals surface area contributed by atoms with Crippen LogP contribution in [-0.2, 0) is 4.79 Å². The second-order valence-corrected chi connectivity index (χ2v) is 5.60. The third kappa shape index (κ3) is 8.48. The Morgan fingerprint density at radius 1 is 1.32 bits per heavy atom. The van der Waals surface area contributed by atoms with Gasteiger partial charge in [-0.15, -0.1) is 12.4 Å². The van der Waals surface area contributed by atoms with Crippen molar-refractivity contribution >= 4 is 18.3 Å². The van der Waals surface area contributed by atoms with Crippen molar-refractivity contribution in [1.29, 1.82) is 0 Å². The van der Waals surface area contributed by atoms with E-state index in [-0.39, 0.29) is 18.3 Å². The lowest BCUT2D eigenvalue weighted by molar-refractivity contribution is -0.121. The number of halogens is 1. The molecule has 0 aromatic heterocycles. The van der Waals surface area contributed by atoms with Gasteiger partial charge in [-0.05, 0) is 38.1 Å². The minimum absolute atomic E-state index is 0. The fourth-order valence-corrected chi connectivity index (χ4v) is 2.73. The molecule has 0 aromatic carbocycles. The van der Waals surface area contributed by atoms with Gasteiger partial charge in [0.05, 0.1) is 0 Å². The number of nitrogens with one attached hydrogen (secondary N) is 2. The molecule has 0 bridgehead atoms. The average molecular weight is 291 g/mol. The van der Waals surface area contributed by atoms with Gasteiger partial charge in [-0.1, -0.05) is 33.1 Å². The summed E-state index contributed by atoms with van der Waals surface area (Å²) in [6.45, 7) is 6.41. The normalized spacial score (nSPS) is 19.8. The van der Waals surface area contributed by atoms with Crippen LogP contribution in [0.2, 0.25) is 0 Å². The van der Waals surface area contributed by atoms with Crippen LogP contribution in [0, 0.1) is 5.92 Å². The van der Waals surface area contributed by atoms with E-state index in [9.17, 15) is 4.79 Å². The van der Waals surface area contributed by atoms with Crippen molar-refractivity contribution < 1.29 is 4.79 Å². The van der Waals surface area contributed by atoms with E-state index in [2.05, 4.69) is 24.5 Å². The molecule has 1 fully saturated rings. The molecule has 1 saturated heterocycles. The molecule has 0 saturated carbocycles. The van der Waals surface area contributed by atoms with Gasteiger partial charge in [0.25, 0.3) is 0 Å². The molecule has 4 heteroatoms. The Balaban J connectivity index is 0.00000324. The first-order valence-electron chi connectivity index (χ1n) is 7.76. The van der Waals surface area contributed by atoms with E-state index < -0.39 is 0 Å². The molecule has 1 rings (SSSR count). The molecule has 1 aliphatic heterocycles. The van der Waals surface area contributed by atoms with Gasteiger partial charge in [0.15, 0.2) is 0 Å². The number of hydrogen-bond acceptors (Lipinski definition) is 2. The quantitative estimate of drug-likeness (QED) is 0.684. The molecule has 0 aromatic rings. The van der Waals surface area contributed by atoms with Gasteiger partial charge in [0, 0.05) is 19.0 Å². The van der Waals surface area contributed by atoms with E-state index in [1.807, 2.05) is 0 Å². The average Bonchev–Trinajstić information content (AvgIpc) is 2.85. The Labute approximate surface area is 124 Å². The maximum Gasteiger partial charge on any atom is 0.221 e. The summed E-state index contributed by atoms with van der Waals surface area (Å²) >= 11 is 0. The fraction of sp³-hybridized carbons (Fsp3) is 0.933. The molecular formula is C15H31ClN2O. The molecular weight excluding hydrogens is 260 g/mol. The maximum atomic E-state index is 11.8. The smallest absolute Gasteiger partial charge is 0.221 e. The molecule has 1 heterocycles. The number of rotatable bonds is 9. The summed E-state index contributed by atoms with van der Waals surface area (Å²) in [5, 5.41) is 6.50. The molecule has 2 N–H and O–H groups in total. The van der Waals surface area contributed by atoms with Crippen molar-refractivity contribution in [1.82, 2.24) is 10.6 Å². The molecule has 114 valence electrons. The fourth-order valence-electron chi connectivity index (χ4n) is 2.73. The first kappa shape index (κ1) is 18.7. The first-order chi connectivity index (χ1) is 8.76. The number of unbranched alkanes of at least 4 members (excludes halogenated alkanes) is 1. The van der Waals surface area contributed by atoms with Crippen LogP contribution in [0.1, 0.15) is 65.2 Å². The topological polar surface area (TPSA) is 41.1 Å². The van der Waals surface area contributed by atoms with Gasteiger partial charge >= 0.3 is 0 Å². The van der Waals surface area contributed by atoms with E-state index in [0.717, 1.165) is 19.5 Å². The van der Waals surface area contributed by atoms with Crippen LogP contribution in [-0.4, -0.2) is 25.0 Å². The number of carbonyl (C=O) groups is 1. The Kier molecular flexibility index (Phi) is 11.4. The molecule has 2 unspecified atom stereocenters. The summed E-state index contributed by atoms with van der Waals surface area (Å²) in [4.78, 5) is 11.8. The molecule has 0 radical (unpaired) electrons. The SMILES string of the molecule is CCCCC(CCC)CNC(=O)CC1CCCN1.Cl. The van der Waals surface area contributed by atoms with Crippen LogP contribution in [0.5, 0.6) is 0 Å². The van der Waals surface area contributed by atoms with Crippen molar-refractivity contribution in [2.75, 3.05) is 13.1 Å². The van der Waals surface area contributed by atoms with E-state index in [1.54, 1.807) is 0 Å². The minimum Gasteiger partial charge on any atom is -0.356 e. The number of amides is 1. The van der Waals surface area contributed by atoms with E-state index >= 15 is 0 Å². The summed E-state index contributed by atoms with van der Waals surface area (Å²) in [7, 11) is 0. The third-order valence-corrected chi connectivity index (χ3v) is 3.84. The van der Waals surface area contributed by atoms with Crippen LogP contribution in [0.4, 0.5) is 0 Å². The molecule has 3 nitrogen and oxygen atoms in total. The Bertz CT molecular complexity index is 230. The Morgan fingerprint density at radius 2 is 2.11 bits per heavy atom. The van der Waals surface area contributed by atoms with E-state index in [1.165, 1.54) is 38.5 Å². The van der Waals surface area contributed by atoms with Crippen molar-refractivity contribution in [2.45, 2.75) is 71.3 Å². The van der Waals surface area contributed by atoms with Crippen molar-refractivity contribution in [3.05, 3.63) is 0 Å². The molecule has 2 atom stereocenters. The summed E-state index contributed by atoms with van der Waals surface area (Å²) in [5.41, 5.74) is 0. The predicted octanol–water partition coefficient (Wildman–Crippen LogP) is 3.27. The zero-order chi connectivity index (χ0) is 13.2. The van der Waals surface area contributed by atoms with Crippen molar-refractivity contribution in [3.63, 3.8) is 0 Å². The van der Waals surface area contributed by atoms with Gasteiger partial charge in [0.1, 0.15) is 0 Å². The van der Waals surface area contributed by atoms with Crippen LogP contribution in [0.3, 0.4) is 0 Å². The summed E-state index contributed by atoms with van der Waals surface area (Å²) in [6, 6.07) is 0.422. The Hall–Kier alpha value is -0.280. The van der Waals surface area contributed by atoms with Crippen LogP contribution in [0.15, 0.2) is 0 Å². The summed E-state index contributed by atoms with van der Waals surface area (Å²) < 4.78 is 0. The summed E-state index contributed by atoms with van der Waals surface area (Å²) in [5.74, 6) is 0.905. The van der Waals surface area contributed by atoms with Crippen molar-refractivity contribution in [2.24, 2.45) is 5.92 Å².